The molecule has 3 N–H and O–H groups in total. The highest BCUT2D eigenvalue weighted by Gasteiger charge is 2.43. The number of piperidine rings is 1. The van der Waals surface area contributed by atoms with E-state index in [9.17, 15) is 4.79 Å². The van der Waals surface area contributed by atoms with Crippen molar-refractivity contribution in [1.82, 2.24) is 15.1 Å². The highest BCUT2D eigenvalue weighted by atomic mass is 16.2. The third-order valence-electron chi connectivity index (χ3n) is 5.08. The fourth-order valence-electron chi connectivity index (χ4n) is 3.80. The zero-order valence-corrected chi connectivity index (χ0v) is 12.0. The molecule has 0 radical (unpaired) electrons. The summed E-state index contributed by atoms with van der Waals surface area (Å²) in [6.45, 7) is 2.19. The third-order valence-corrected chi connectivity index (χ3v) is 5.08. The average Bonchev–Trinajstić information content (AvgIpc) is 3.18. The molecule has 110 valence electrons. The summed E-state index contributed by atoms with van der Waals surface area (Å²) in [5.41, 5.74) is 6.82. The first-order chi connectivity index (χ1) is 9.75. The maximum Gasteiger partial charge on any atom is 0.230 e. The van der Waals surface area contributed by atoms with Gasteiger partial charge in [-0.25, -0.2) is 0 Å². The lowest BCUT2D eigenvalue weighted by molar-refractivity contribution is -0.142. The van der Waals surface area contributed by atoms with Crippen molar-refractivity contribution in [3.8, 4) is 0 Å². The molecule has 0 bridgehead atoms. The number of amides is 1. The Kier molecular flexibility index (Phi) is 3.78. The Morgan fingerprint density at radius 1 is 1.45 bits per heavy atom. The molecule has 2 aliphatic rings. The molecule has 0 spiro atoms. The van der Waals surface area contributed by atoms with Crippen LogP contribution in [0.25, 0.3) is 0 Å². The largest absolute Gasteiger partial charge is 0.342 e. The van der Waals surface area contributed by atoms with Crippen molar-refractivity contribution < 1.29 is 4.79 Å². The zero-order valence-electron chi connectivity index (χ0n) is 12.0. The van der Waals surface area contributed by atoms with E-state index in [-0.39, 0.29) is 5.41 Å². The Morgan fingerprint density at radius 3 is 2.90 bits per heavy atom. The van der Waals surface area contributed by atoms with E-state index in [4.69, 9.17) is 5.73 Å². The first kappa shape index (κ1) is 13.6. The normalized spacial score (nSPS) is 25.9. The second kappa shape index (κ2) is 5.56. The lowest BCUT2D eigenvalue weighted by Gasteiger charge is -2.38. The first-order valence-corrected chi connectivity index (χ1v) is 7.74. The molecule has 20 heavy (non-hydrogen) atoms. The first-order valence-electron chi connectivity index (χ1n) is 7.74. The number of nitrogens with one attached hydrogen (secondary N) is 1. The highest BCUT2D eigenvalue weighted by Crippen LogP contribution is 2.40. The van der Waals surface area contributed by atoms with Gasteiger partial charge in [0.1, 0.15) is 0 Å². The Balaban J connectivity index is 1.72. The topological polar surface area (TPSA) is 75.0 Å². The average molecular weight is 276 g/mol. The molecule has 2 fully saturated rings. The van der Waals surface area contributed by atoms with Gasteiger partial charge < -0.3 is 10.6 Å². The van der Waals surface area contributed by atoms with Gasteiger partial charge in [0.25, 0.3) is 0 Å². The van der Waals surface area contributed by atoms with Crippen molar-refractivity contribution in [2.45, 2.75) is 44.4 Å². The highest BCUT2D eigenvalue weighted by molar-refractivity contribution is 5.83. The predicted molar refractivity (Wildman–Crippen MR) is 77.1 cm³/mol. The van der Waals surface area contributed by atoms with Crippen LogP contribution in [-0.2, 0) is 4.79 Å². The molecule has 1 aromatic heterocycles. The summed E-state index contributed by atoms with van der Waals surface area (Å²) in [7, 11) is 0. The minimum atomic E-state index is -0.268. The van der Waals surface area contributed by atoms with Crippen LogP contribution in [0.2, 0.25) is 0 Å². The van der Waals surface area contributed by atoms with Gasteiger partial charge in [0, 0.05) is 37.4 Å². The molecule has 5 heteroatoms. The van der Waals surface area contributed by atoms with Crippen molar-refractivity contribution >= 4 is 5.91 Å². The van der Waals surface area contributed by atoms with Crippen LogP contribution in [0.5, 0.6) is 0 Å². The van der Waals surface area contributed by atoms with Gasteiger partial charge in [-0.3, -0.25) is 9.89 Å². The van der Waals surface area contributed by atoms with Gasteiger partial charge >= 0.3 is 0 Å². The minimum absolute atomic E-state index is 0.268. The molecule has 3 rings (SSSR count). The Labute approximate surface area is 119 Å². The Hall–Kier alpha value is -1.36. The van der Waals surface area contributed by atoms with E-state index < -0.39 is 0 Å². The summed E-state index contributed by atoms with van der Waals surface area (Å²) in [5, 5.41) is 7.07. The van der Waals surface area contributed by atoms with E-state index in [1.807, 2.05) is 11.0 Å². The molecule has 5 nitrogen and oxygen atoms in total. The monoisotopic (exact) mass is 276 g/mol. The van der Waals surface area contributed by atoms with Crippen LogP contribution < -0.4 is 5.73 Å². The number of hydrogen-bond acceptors (Lipinski definition) is 3. The van der Waals surface area contributed by atoms with Gasteiger partial charge in [-0.05, 0) is 31.7 Å². The third kappa shape index (κ3) is 2.35. The van der Waals surface area contributed by atoms with Crippen molar-refractivity contribution in [3.05, 3.63) is 18.0 Å². The van der Waals surface area contributed by atoms with Crippen LogP contribution in [0.4, 0.5) is 0 Å². The minimum Gasteiger partial charge on any atom is -0.342 e. The lowest BCUT2D eigenvalue weighted by Crippen LogP contribution is -2.49. The molecular weight excluding hydrogens is 252 g/mol. The zero-order chi connectivity index (χ0) is 14.0. The van der Waals surface area contributed by atoms with Crippen molar-refractivity contribution in [3.63, 3.8) is 0 Å². The molecule has 0 aromatic carbocycles. The molecule has 1 saturated heterocycles. The number of aromatic amines is 1. The summed E-state index contributed by atoms with van der Waals surface area (Å²) in [6.07, 6.45) is 8.19. The fourth-order valence-corrected chi connectivity index (χ4v) is 3.80. The van der Waals surface area contributed by atoms with Gasteiger partial charge in [-0.1, -0.05) is 12.8 Å². The van der Waals surface area contributed by atoms with Crippen molar-refractivity contribution in [1.29, 1.82) is 0 Å². The molecule has 1 unspecified atom stereocenters. The summed E-state index contributed by atoms with van der Waals surface area (Å²) >= 11 is 0. The SMILES string of the molecule is NCC1(C(=O)N2CCCC(c3ccn[nH]3)C2)CCCC1. The van der Waals surface area contributed by atoms with Gasteiger partial charge in [0.2, 0.25) is 5.91 Å². The quantitative estimate of drug-likeness (QED) is 0.881. The molecule has 1 amide bonds. The summed E-state index contributed by atoms with van der Waals surface area (Å²) in [6, 6.07) is 2.02. The Morgan fingerprint density at radius 2 is 2.25 bits per heavy atom. The number of nitrogens with zero attached hydrogens (tertiary/aromatic N) is 2. The number of carbonyl (C=O) groups excluding carboxylic acids is 1. The molecule has 2 heterocycles. The summed E-state index contributed by atoms with van der Waals surface area (Å²) < 4.78 is 0. The van der Waals surface area contributed by atoms with Crippen molar-refractivity contribution in [2.75, 3.05) is 19.6 Å². The molecule has 1 atom stereocenters. The van der Waals surface area contributed by atoms with Crippen LogP contribution in [0.3, 0.4) is 0 Å². The molecule has 1 saturated carbocycles. The smallest absolute Gasteiger partial charge is 0.230 e. The number of H-pyrrole nitrogens is 1. The summed E-state index contributed by atoms with van der Waals surface area (Å²) in [4.78, 5) is 14.9. The molecule has 1 aliphatic carbocycles. The van der Waals surface area contributed by atoms with Crippen LogP contribution in [0, 0.1) is 5.41 Å². The van der Waals surface area contributed by atoms with E-state index in [1.165, 1.54) is 0 Å². The second-order valence-corrected chi connectivity index (χ2v) is 6.29. The van der Waals surface area contributed by atoms with Gasteiger partial charge in [-0.15, -0.1) is 0 Å². The van der Waals surface area contributed by atoms with Crippen LogP contribution >= 0.6 is 0 Å². The molecule has 1 aromatic rings. The maximum atomic E-state index is 12.9. The fraction of sp³-hybridized carbons (Fsp3) is 0.733. The van der Waals surface area contributed by atoms with E-state index in [0.717, 1.165) is 57.3 Å². The second-order valence-electron chi connectivity index (χ2n) is 6.29. The molecule has 1 aliphatic heterocycles. The van der Waals surface area contributed by atoms with Gasteiger partial charge in [-0.2, -0.15) is 5.10 Å². The predicted octanol–water partition coefficient (Wildman–Crippen LogP) is 1.63. The number of nitrogens with two attached hydrogens (primary N) is 1. The lowest BCUT2D eigenvalue weighted by atomic mass is 9.83. The Bertz CT molecular complexity index is 450. The van der Waals surface area contributed by atoms with E-state index >= 15 is 0 Å². The van der Waals surface area contributed by atoms with Crippen LogP contribution in [-0.4, -0.2) is 40.6 Å². The van der Waals surface area contributed by atoms with Gasteiger partial charge in [0.05, 0.1) is 5.41 Å². The van der Waals surface area contributed by atoms with Crippen molar-refractivity contribution in [2.24, 2.45) is 11.1 Å². The number of likely N-dealkylation sites (tertiary alicyclic amines) is 1. The van der Waals surface area contributed by atoms with E-state index in [1.54, 1.807) is 6.20 Å². The van der Waals surface area contributed by atoms with Crippen LogP contribution in [0.1, 0.15) is 50.1 Å². The molecular formula is C15H24N4O. The number of aromatic nitrogens is 2. The number of rotatable bonds is 3. The van der Waals surface area contributed by atoms with Crippen LogP contribution in [0.15, 0.2) is 12.3 Å². The number of carbonyl (C=O) groups is 1. The summed E-state index contributed by atoms with van der Waals surface area (Å²) in [5.74, 6) is 0.688. The number of hydrogen-bond donors (Lipinski definition) is 2. The van der Waals surface area contributed by atoms with E-state index in [2.05, 4.69) is 10.2 Å². The van der Waals surface area contributed by atoms with Gasteiger partial charge in [0.15, 0.2) is 0 Å². The van der Waals surface area contributed by atoms with E-state index in [0.29, 0.717) is 18.4 Å². The maximum absolute atomic E-state index is 12.9. The standard InChI is InChI=1S/C15H24N4O/c16-11-15(6-1-2-7-15)14(20)19-9-3-4-12(10-19)13-5-8-17-18-13/h5,8,12H,1-4,6-7,9-11,16H2,(H,17,18).